The highest BCUT2D eigenvalue weighted by molar-refractivity contribution is 6.58. The summed E-state index contributed by atoms with van der Waals surface area (Å²) in [5.41, 5.74) is 5.28. The van der Waals surface area contributed by atoms with E-state index in [0.29, 0.717) is 0 Å². The summed E-state index contributed by atoms with van der Waals surface area (Å²) in [7, 11) is -1.83. The molecule has 4 heteroatoms. The third kappa shape index (κ3) is 2.00. The lowest BCUT2D eigenvalue weighted by Crippen LogP contribution is -2.30. The van der Waals surface area contributed by atoms with Crippen LogP contribution in [0.25, 0.3) is 0 Å². The minimum atomic E-state index is -2.86. The van der Waals surface area contributed by atoms with Crippen molar-refractivity contribution in [3.8, 4) is 0 Å². The van der Waals surface area contributed by atoms with Crippen LogP contribution in [0.2, 0.25) is 0 Å². The second kappa shape index (κ2) is 3.60. The molecule has 0 atom stereocenters. The summed E-state index contributed by atoms with van der Waals surface area (Å²) in [5.74, 6) is 0. The Bertz CT molecular complexity index is 421. The van der Waals surface area contributed by atoms with Crippen molar-refractivity contribution in [1.82, 2.24) is 0 Å². The SMILES string of the molecule is [2H]C([2H])([2H])C([2H])([2H])c1cc(N)cc(B(O)O)c1. The first-order chi connectivity index (χ1) is 7.55. The third-order valence-electron chi connectivity index (χ3n) is 1.42. The fourth-order valence-corrected chi connectivity index (χ4v) is 0.898. The van der Waals surface area contributed by atoms with E-state index in [1.165, 1.54) is 6.07 Å². The van der Waals surface area contributed by atoms with Crippen molar-refractivity contribution in [1.29, 1.82) is 0 Å². The summed E-state index contributed by atoms with van der Waals surface area (Å²) >= 11 is 0. The Kier molecular flexibility index (Phi) is 1.29. The fourth-order valence-electron chi connectivity index (χ4n) is 0.898. The zero-order chi connectivity index (χ0) is 13.4. The van der Waals surface area contributed by atoms with Crippen molar-refractivity contribution in [3.05, 3.63) is 23.8 Å². The lowest BCUT2D eigenvalue weighted by molar-refractivity contribution is 0.426. The first kappa shape index (κ1) is 4.30. The fraction of sp³-hybridized carbons (Fsp3) is 0.250. The summed E-state index contributed by atoms with van der Waals surface area (Å²) in [5, 5.41) is 18.0. The lowest BCUT2D eigenvalue weighted by atomic mass is 9.79. The van der Waals surface area contributed by atoms with Gasteiger partial charge in [-0.2, -0.15) is 0 Å². The first-order valence-electron chi connectivity index (χ1n) is 5.83. The van der Waals surface area contributed by atoms with E-state index < -0.39 is 20.3 Å². The van der Waals surface area contributed by atoms with E-state index in [9.17, 15) is 0 Å². The summed E-state index contributed by atoms with van der Waals surface area (Å²) in [6.07, 6.45) is -2.61. The Labute approximate surface area is 79.0 Å². The predicted molar refractivity (Wildman–Crippen MR) is 50.1 cm³/mol. The molecule has 4 N–H and O–H groups in total. The molecule has 0 saturated heterocycles. The van der Waals surface area contributed by atoms with E-state index in [-0.39, 0.29) is 16.7 Å². The van der Waals surface area contributed by atoms with Gasteiger partial charge in [0.05, 0.1) is 0 Å². The molecule has 0 bridgehead atoms. The van der Waals surface area contributed by atoms with Gasteiger partial charge in [-0.25, -0.2) is 0 Å². The molecule has 0 saturated carbocycles. The van der Waals surface area contributed by atoms with Crippen LogP contribution >= 0.6 is 0 Å². The molecule has 0 heterocycles. The van der Waals surface area contributed by atoms with Crippen LogP contribution in [0.5, 0.6) is 0 Å². The Morgan fingerprint density at radius 1 is 1.58 bits per heavy atom. The molecule has 0 aromatic heterocycles. The summed E-state index contributed by atoms with van der Waals surface area (Å²) in [6.45, 7) is -2.86. The Hall–Kier alpha value is -0.995. The molecule has 12 heavy (non-hydrogen) atoms. The van der Waals surface area contributed by atoms with Gasteiger partial charge in [0.2, 0.25) is 0 Å². The molecule has 1 aromatic carbocycles. The monoisotopic (exact) mass is 170 g/mol. The molecule has 0 aliphatic rings. The quantitative estimate of drug-likeness (QED) is 0.414. The van der Waals surface area contributed by atoms with E-state index in [2.05, 4.69) is 0 Å². The Balaban J connectivity index is 3.32. The zero-order valence-electron chi connectivity index (χ0n) is 11.3. The van der Waals surface area contributed by atoms with Gasteiger partial charge in [0, 0.05) is 12.5 Å². The van der Waals surface area contributed by atoms with Crippen LogP contribution in [0.1, 0.15) is 19.3 Å². The van der Waals surface area contributed by atoms with Crippen LogP contribution < -0.4 is 11.2 Å². The van der Waals surface area contributed by atoms with Crippen molar-refractivity contribution >= 4 is 18.3 Å². The molecule has 0 fully saturated rings. The van der Waals surface area contributed by atoms with Gasteiger partial charge in [-0.3, -0.25) is 0 Å². The standard InChI is InChI=1S/C8H12BNO2/c1-2-6-3-7(9(11)12)5-8(10)4-6/h3-5,11-12H,2,10H2,1H3/i1D3,2D2. The highest BCUT2D eigenvalue weighted by Crippen LogP contribution is 2.05. The zero-order valence-corrected chi connectivity index (χ0v) is 6.28. The van der Waals surface area contributed by atoms with Crippen LogP contribution in [0.3, 0.4) is 0 Å². The summed E-state index contributed by atoms with van der Waals surface area (Å²) in [4.78, 5) is 0. The smallest absolute Gasteiger partial charge is 0.423 e. The molecule has 1 aromatic rings. The summed E-state index contributed by atoms with van der Waals surface area (Å²) in [6, 6.07) is 3.48. The molecule has 0 radical (unpaired) electrons. The van der Waals surface area contributed by atoms with Crippen LogP contribution in [-0.2, 0) is 6.37 Å². The maximum Gasteiger partial charge on any atom is 0.488 e. The highest BCUT2D eigenvalue weighted by Gasteiger charge is 2.11. The van der Waals surface area contributed by atoms with Crippen molar-refractivity contribution in [2.45, 2.75) is 13.2 Å². The number of aryl methyl sites for hydroxylation is 1. The van der Waals surface area contributed by atoms with Gasteiger partial charge in [-0.15, -0.1) is 0 Å². The molecule has 0 amide bonds. The van der Waals surface area contributed by atoms with E-state index in [1.54, 1.807) is 0 Å². The van der Waals surface area contributed by atoms with Gasteiger partial charge in [0.1, 0.15) is 0 Å². The van der Waals surface area contributed by atoms with Crippen molar-refractivity contribution in [2.24, 2.45) is 0 Å². The van der Waals surface area contributed by atoms with Gasteiger partial charge in [0.25, 0.3) is 0 Å². The molecule has 3 nitrogen and oxygen atoms in total. The van der Waals surface area contributed by atoms with Gasteiger partial charge in [0.15, 0.2) is 0 Å². The summed E-state index contributed by atoms with van der Waals surface area (Å²) < 4.78 is 36.4. The molecule has 0 aliphatic carbocycles. The van der Waals surface area contributed by atoms with Crippen LogP contribution in [0, 0.1) is 0 Å². The average molecular weight is 170 g/mol. The van der Waals surface area contributed by atoms with Gasteiger partial charge in [-0.05, 0) is 29.5 Å². The minimum Gasteiger partial charge on any atom is -0.423 e. The van der Waals surface area contributed by atoms with E-state index in [4.69, 9.17) is 22.6 Å². The number of hydrogen-bond acceptors (Lipinski definition) is 3. The lowest BCUT2D eigenvalue weighted by Gasteiger charge is -2.04. The maximum absolute atomic E-state index is 8.98. The number of hydrogen-bond donors (Lipinski definition) is 3. The largest absolute Gasteiger partial charge is 0.488 e. The van der Waals surface area contributed by atoms with Crippen molar-refractivity contribution in [3.63, 3.8) is 0 Å². The van der Waals surface area contributed by atoms with Gasteiger partial charge < -0.3 is 15.8 Å². The molecular formula is C8H12BNO2. The number of rotatable bonds is 2. The number of anilines is 1. The van der Waals surface area contributed by atoms with Gasteiger partial charge in [-0.1, -0.05) is 12.9 Å². The number of nitrogen functional groups attached to an aromatic ring is 1. The molecular weight excluding hydrogens is 153 g/mol. The minimum absolute atomic E-state index is 0.0480. The van der Waals surface area contributed by atoms with Crippen LogP contribution in [0.15, 0.2) is 18.2 Å². The second-order valence-corrected chi connectivity index (χ2v) is 2.39. The molecule has 0 aliphatic heterocycles. The maximum atomic E-state index is 8.98. The number of nitrogens with two attached hydrogens (primary N) is 1. The van der Waals surface area contributed by atoms with E-state index in [1.807, 2.05) is 0 Å². The number of benzene rings is 1. The first-order valence-corrected chi connectivity index (χ1v) is 3.33. The molecule has 1 rings (SSSR count). The van der Waals surface area contributed by atoms with Crippen molar-refractivity contribution < 1.29 is 16.9 Å². The molecule has 0 spiro atoms. The van der Waals surface area contributed by atoms with Crippen molar-refractivity contribution in [2.75, 3.05) is 5.73 Å². The third-order valence-corrected chi connectivity index (χ3v) is 1.42. The average Bonchev–Trinajstić information content (AvgIpc) is 2.14. The van der Waals surface area contributed by atoms with E-state index >= 15 is 0 Å². The van der Waals surface area contributed by atoms with Gasteiger partial charge >= 0.3 is 7.12 Å². The predicted octanol–water partition coefficient (Wildman–Crippen LogP) is -0.489. The second-order valence-electron chi connectivity index (χ2n) is 2.39. The molecule has 64 valence electrons. The Morgan fingerprint density at radius 3 is 2.92 bits per heavy atom. The van der Waals surface area contributed by atoms with E-state index in [0.717, 1.165) is 12.1 Å². The normalized spacial score (nSPS) is 18.3. The molecule has 0 unspecified atom stereocenters. The highest BCUT2D eigenvalue weighted by atomic mass is 16.4. The van der Waals surface area contributed by atoms with Crippen LogP contribution in [0.4, 0.5) is 5.69 Å². The topological polar surface area (TPSA) is 66.5 Å². The van der Waals surface area contributed by atoms with Crippen LogP contribution in [-0.4, -0.2) is 17.2 Å². The Morgan fingerprint density at radius 2 is 2.33 bits per heavy atom.